The molecule has 1 aliphatic rings. The van der Waals surface area contributed by atoms with Gasteiger partial charge in [-0.3, -0.25) is 0 Å². The first-order valence-electron chi connectivity index (χ1n) is 6.35. The molecule has 1 atom stereocenters. The molecule has 0 radical (unpaired) electrons. The fraction of sp³-hybridized carbons (Fsp3) is 0.200. The van der Waals surface area contributed by atoms with Crippen LogP contribution in [0.25, 0.3) is 0 Å². The van der Waals surface area contributed by atoms with Crippen molar-refractivity contribution in [2.45, 2.75) is 12.3 Å². The van der Waals surface area contributed by atoms with Gasteiger partial charge in [-0.25, -0.2) is 9.78 Å². The van der Waals surface area contributed by atoms with Gasteiger partial charge in [0.1, 0.15) is 11.4 Å². The average Bonchev–Trinajstić information content (AvgIpc) is 2.41. The number of aromatic nitrogens is 1. The second-order valence-electron chi connectivity index (χ2n) is 4.84. The summed E-state index contributed by atoms with van der Waals surface area (Å²) in [6.45, 7) is 0.700. The summed E-state index contributed by atoms with van der Waals surface area (Å²) >= 11 is 3.24. The highest BCUT2D eigenvalue weighted by molar-refractivity contribution is 9.10. The maximum atomic E-state index is 11.2. The van der Waals surface area contributed by atoms with Crippen LogP contribution in [0.1, 0.15) is 27.4 Å². The number of fused-ring (bicyclic) bond motifs is 1. The van der Waals surface area contributed by atoms with E-state index in [2.05, 4.69) is 38.4 Å². The van der Waals surface area contributed by atoms with Gasteiger partial charge in [0.15, 0.2) is 0 Å². The molecule has 0 spiro atoms. The third-order valence-corrected chi connectivity index (χ3v) is 4.00. The van der Waals surface area contributed by atoms with E-state index in [0.29, 0.717) is 22.8 Å². The predicted molar refractivity (Wildman–Crippen MR) is 80.3 cm³/mol. The second-order valence-corrected chi connectivity index (χ2v) is 5.75. The molecule has 1 heterocycles. The van der Waals surface area contributed by atoms with E-state index in [1.807, 2.05) is 12.1 Å². The van der Waals surface area contributed by atoms with Gasteiger partial charge in [-0.15, -0.1) is 0 Å². The molecule has 20 heavy (non-hydrogen) atoms. The molecule has 0 saturated heterocycles. The lowest BCUT2D eigenvalue weighted by Crippen LogP contribution is -2.25. The summed E-state index contributed by atoms with van der Waals surface area (Å²) < 4.78 is 0.662. The Morgan fingerprint density at radius 3 is 3.00 bits per heavy atom. The fourth-order valence-corrected chi connectivity index (χ4v) is 2.84. The molecule has 1 aromatic heterocycles. The van der Waals surface area contributed by atoms with Crippen molar-refractivity contribution >= 4 is 27.7 Å². The van der Waals surface area contributed by atoms with Crippen LogP contribution in [-0.4, -0.2) is 22.6 Å². The zero-order chi connectivity index (χ0) is 14.1. The van der Waals surface area contributed by atoms with Crippen LogP contribution >= 0.6 is 15.9 Å². The second kappa shape index (κ2) is 5.25. The highest BCUT2D eigenvalue weighted by atomic mass is 79.9. The number of hydrogen-bond donors (Lipinski definition) is 2. The minimum Gasteiger partial charge on any atom is -0.478 e. The first-order chi connectivity index (χ1) is 9.65. The number of nitrogens with one attached hydrogen (secondary N) is 1. The summed E-state index contributed by atoms with van der Waals surface area (Å²) in [4.78, 5) is 15.3. The van der Waals surface area contributed by atoms with Crippen LogP contribution in [0.3, 0.4) is 0 Å². The van der Waals surface area contributed by atoms with E-state index in [0.717, 1.165) is 6.42 Å². The van der Waals surface area contributed by atoms with Gasteiger partial charge in [0, 0.05) is 23.1 Å². The van der Waals surface area contributed by atoms with E-state index < -0.39 is 5.97 Å². The summed E-state index contributed by atoms with van der Waals surface area (Å²) in [5, 5.41) is 12.3. The topological polar surface area (TPSA) is 62.2 Å². The monoisotopic (exact) mass is 332 g/mol. The molecular weight excluding hydrogens is 320 g/mol. The van der Waals surface area contributed by atoms with Crippen molar-refractivity contribution in [1.29, 1.82) is 0 Å². The maximum Gasteiger partial charge on any atom is 0.339 e. The van der Waals surface area contributed by atoms with E-state index in [1.54, 1.807) is 12.3 Å². The molecule has 102 valence electrons. The molecule has 3 rings (SSSR count). The largest absolute Gasteiger partial charge is 0.478 e. The molecule has 0 saturated carbocycles. The van der Waals surface area contributed by atoms with Crippen molar-refractivity contribution in [2.75, 3.05) is 11.9 Å². The number of carboxylic acids is 1. The van der Waals surface area contributed by atoms with Crippen LogP contribution < -0.4 is 5.32 Å². The lowest BCUT2D eigenvalue weighted by Gasteiger charge is -2.30. The first-order valence-corrected chi connectivity index (χ1v) is 7.15. The zero-order valence-electron chi connectivity index (χ0n) is 10.6. The smallest absolute Gasteiger partial charge is 0.339 e. The van der Waals surface area contributed by atoms with E-state index in [9.17, 15) is 9.90 Å². The SMILES string of the molecule is O=C(O)c1cc(Br)cnc1NCC1Cc2ccccc21. The summed E-state index contributed by atoms with van der Waals surface area (Å²) in [5.74, 6) is -0.126. The third-order valence-electron chi connectivity index (χ3n) is 3.56. The van der Waals surface area contributed by atoms with Gasteiger partial charge in [-0.1, -0.05) is 24.3 Å². The molecule has 1 aliphatic carbocycles. The predicted octanol–water partition coefficient (Wildman–Crippen LogP) is 3.29. The summed E-state index contributed by atoms with van der Waals surface area (Å²) in [6.07, 6.45) is 2.63. The van der Waals surface area contributed by atoms with Gasteiger partial charge in [0.2, 0.25) is 0 Å². The Bertz CT molecular complexity index is 673. The van der Waals surface area contributed by atoms with E-state index >= 15 is 0 Å². The molecular formula is C15H13BrN2O2. The van der Waals surface area contributed by atoms with Crippen LogP contribution in [0, 0.1) is 0 Å². The van der Waals surface area contributed by atoms with Gasteiger partial charge in [0.05, 0.1) is 0 Å². The molecule has 0 aliphatic heterocycles. The number of hydrogen-bond acceptors (Lipinski definition) is 3. The fourth-order valence-electron chi connectivity index (χ4n) is 2.51. The molecule has 0 amide bonds. The highest BCUT2D eigenvalue weighted by Gasteiger charge is 2.25. The Morgan fingerprint density at radius 2 is 2.25 bits per heavy atom. The standard InChI is InChI=1S/C15H13BrN2O2/c16-11-6-13(15(19)20)14(18-8-11)17-7-10-5-9-3-1-2-4-12(9)10/h1-4,6,8,10H,5,7H2,(H,17,18)(H,19,20). The van der Waals surface area contributed by atoms with Crippen LogP contribution in [0.5, 0.6) is 0 Å². The number of aromatic carboxylic acids is 1. The molecule has 2 N–H and O–H groups in total. The number of halogens is 1. The number of nitrogens with zero attached hydrogens (tertiary/aromatic N) is 1. The minimum absolute atomic E-state index is 0.187. The van der Waals surface area contributed by atoms with E-state index in [1.165, 1.54) is 11.1 Å². The summed E-state index contributed by atoms with van der Waals surface area (Å²) in [7, 11) is 0. The average molecular weight is 333 g/mol. The third kappa shape index (κ3) is 2.41. The number of anilines is 1. The molecule has 1 aromatic carbocycles. The summed E-state index contributed by atoms with van der Waals surface area (Å²) in [5.41, 5.74) is 2.91. The Balaban J connectivity index is 1.73. The van der Waals surface area contributed by atoms with Crippen molar-refractivity contribution in [2.24, 2.45) is 0 Å². The molecule has 4 nitrogen and oxygen atoms in total. The molecule has 1 unspecified atom stereocenters. The van der Waals surface area contributed by atoms with Gasteiger partial charge < -0.3 is 10.4 Å². The van der Waals surface area contributed by atoms with Gasteiger partial charge in [-0.2, -0.15) is 0 Å². The lowest BCUT2D eigenvalue weighted by atomic mass is 9.77. The number of benzene rings is 1. The van der Waals surface area contributed by atoms with E-state index in [4.69, 9.17) is 0 Å². The number of pyridine rings is 1. The van der Waals surface area contributed by atoms with Crippen LogP contribution in [0.4, 0.5) is 5.82 Å². The molecule has 0 bridgehead atoms. The summed E-state index contributed by atoms with van der Waals surface area (Å²) in [6, 6.07) is 9.89. The van der Waals surface area contributed by atoms with Crippen molar-refractivity contribution in [3.05, 3.63) is 57.7 Å². The molecule has 5 heteroatoms. The van der Waals surface area contributed by atoms with Crippen molar-refractivity contribution < 1.29 is 9.90 Å². The highest BCUT2D eigenvalue weighted by Crippen LogP contribution is 2.34. The maximum absolute atomic E-state index is 11.2. The van der Waals surface area contributed by atoms with Gasteiger partial charge in [-0.05, 0) is 39.5 Å². The molecule has 0 fully saturated rings. The molecule has 2 aromatic rings. The Labute approximate surface area is 125 Å². The van der Waals surface area contributed by atoms with Crippen molar-refractivity contribution in [3.63, 3.8) is 0 Å². The van der Waals surface area contributed by atoms with Crippen LogP contribution in [0.2, 0.25) is 0 Å². The number of rotatable bonds is 4. The first kappa shape index (κ1) is 13.1. The quantitative estimate of drug-likeness (QED) is 0.901. The van der Waals surface area contributed by atoms with Crippen molar-refractivity contribution in [1.82, 2.24) is 4.98 Å². The van der Waals surface area contributed by atoms with Crippen LogP contribution in [0.15, 0.2) is 41.0 Å². The zero-order valence-corrected chi connectivity index (χ0v) is 12.2. The minimum atomic E-state index is -0.977. The van der Waals surface area contributed by atoms with Gasteiger partial charge in [0.25, 0.3) is 0 Å². The Hall–Kier alpha value is -1.88. The number of carbonyl (C=O) groups is 1. The lowest BCUT2D eigenvalue weighted by molar-refractivity contribution is 0.0697. The Morgan fingerprint density at radius 1 is 1.45 bits per heavy atom. The van der Waals surface area contributed by atoms with Crippen LogP contribution in [-0.2, 0) is 6.42 Å². The van der Waals surface area contributed by atoms with Gasteiger partial charge >= 0.3 is 5.97 Å². The number of carboxylic acid groups (broad SMARTS) is 1. The van der Waals surface area contributed by atoms with E-state index in [-0.39, 0.29) is 5.56 Å². The Kier molecular flexibility index (Phi) is 3.44. The van der Waals surface area contributed by atoms with Crippen molar-refractivity contribution in [3.8, 4) is 0 Å². The normalized spacial score (nSPS) is 16.1.